The lowest BCUT2D eigenvalue weighted by Gasteiger charge is -2.56. The van der Waals surface area contributed by atoms with Crippen molar-refractivity contribution in [2.24, 2.45) is 11.8 Å². The van der Waals surface area contributed by atoms with Gasteiger partial charge in [0.1, 0.15) is 24.3 Å². The number of hydrogen-bond acceptors (Lipinski definition) is 4. The molecule has 0 saturated carbocycles. The summed E-state index contributed by atoms with van der Waals surface area (Å²) < 4.78 is 45.7. The molecular formula is C21H22F3N3O4. The first kappa shape index (κ1) is 21.7. The highest BCUT2D eigenvalue weighted by Gasteiger charge is 2.74. The quantitative estimate of drug-likeness (QED) is 0.306. The van der Waals surface area contributed by atoms with Crippen LogP contribution in [0.25, 0.3) is 4.85 Å². The number of quaternary nitrogens is 1. The number of hydroxylamine groups is 3. The number of fused-ring (bicyclic) bond motifs is 5. The molecule has 166 valence electrons. The number of morpholine rings is 1. The number of benzene rings is 1. The average Bonchev–Trinajstić information content (AvgIpc) is 3.00. The molecule has 4 rings (SSSR count). The number of nitrogens with zero attached hydrogens (tertiary/aromatic N) is 3. The number of carbonyl (C=O) groups is 2. The molecule has 7 nitrogen and oxygen atoms in total. The van der Waals surface area contributed by atoms with E-state index in [4.69, 9.17) is 11.3 Å². The summed E-state index contributed by atoms with van der Waals surface area (Å²) in [7, 11) is 0. The van der Waals surface area contributed by atoms with Crippen LogP contribution < -0.4 is 4.90 Å². The number of anilines is 1. The largest absolute Gasteiger partial charge is 0.632 e. The number of rotatable bonds is 2. The average molecular weight is 437 g/mol. The van der Waals surface area contributed by atoms with E-state index in [1.807, 2.05) is 0 Å². The second-order valence-electron chi connectivity index (χ2n) is 9.37. The third kappa shape index (κ3) is 2.91. The summed E-state index contributed by atoms with van der Waals surface area (Å²) in [6, 6.07) is 2.48. The van der Waals surface area contributed by atoms with Crippen LogP contribution in [0.3, 0.4) is 0 Å². The molecule has 1 aromatic rings. The van der Waals surface area contributed by atoms with Gasteiger partial charge in [0.2, 0.25) is 11.8 Å². The molecule has 0 spiro atoms. The predicted octanol–water partition coefficient (Wildman–Crippen LogP) is 3.65. The second kappa shape index (κ2) is 6.28. The van der Waals surface area contributed by atoms with E-state index in [-0.39, 0.29) is 24.8 Å². The lowest BCUT2D eigenvalue weighted by Crippen LogP contribution is -2.67. The normalized spacial score (nSPS) is 37.4. The maximum absolute atomic E-state index is 13.4. The summed E-state index contributed by atoms with van der Waals surface area (Å²) in [6.07, 6.45) is -4.81. The van der Waals surface area contributed by atoms with Gasteiger partial charge >= 0.3 is 6.18 Å². The fourth-order valence-corrected chi connectivity index (χ4v) is 5.55. The summed E-state index contributed by atoms with van der Waals surface area (Å²) in [5.41, 5.74) is -4.48. The SMILES string of the molecule is [C-]#[N+]c1ccc(N2C(=O)[C@@H]3[C@H](C2=O)[C@@]2(C)C[N+]([O-])(C(C)C)C[C@]3(C)O2)cc1C(F)(F)F. The van der Waals surface area contributed by atoms with Gasteiger partial charge in [-0.3, -0.25) is 9.59 Å². The first-order chi connectivity index (χ1) is 14.2. The minimum atomic E-state index is -4.81. The summed E-state index contributed by atoms with van der Waals surface area (Å²) in [4.78, 5) is 30.4. The van der Waals surface area contributed by atoms with Gasteiger partial charge in [0.25, 0.3) is 0 Å². The summed E-state index contributed by atoms with van der Waals surface area (Å²) in [5.74, 6) is -3.29. The van der Waals surface area contributed by atoms with Crippen LogP contribution in [-0.4, -0.2) is 46.8 Å². The molecule has 0 radical (unpaired) electrons. The van der Waals surface area contributed by atoms with E-state index in [0.29, 0.717) is 6.07 Å². The monoisotopic (exact) mass is 437 g/mol. The number of amides is 2. The van der Waals surface area contributed by atoms with Crippen molar-refractivity contribution in [2.45, 2.75) is 51.1 Å². The Morgan fingerprint density at radius 2 is 1.71 bits per heavy atom. The van der Waals surface area contributed by atoms with E-state index in [0.717, 1.165) is 11.0 Å². The highest BCUT2D eigenvalue weighted by Crippen LogP contribution is 2.57. The van der Waals surface area contributed by atoms with E-state index < -0.39 is 56.9 Å². The van der Waals surface area contributed by atoms with Crippen LogP contribution in [0.2, 0.25) is 0 Å². The third-order valence-corrected chi connectivity index (χ3v) is 6.86. The molecule has 0 aliphatic carbocycles. The number of imide groups is 1. The van der Waals surface area contributed by atoms with Crippen LogP contribution >= 0.6 is 0 Å². The fraction of sp³-hybridized carbons (Fsp3) is 0.571. The van der Waals surface area contributed by atoms with Crippen molar-refractivity contribution < 1.29 is 32.1 Å². The summed E-state index contributed by atoms with van der Waals surface area (Å²) in [5, 5.41) is 13.4. The van der Waals surface area contributed by atoms with E-state index in [1.165, 1.54) is 6.07 Å². The molecule has 2 bridgehead atoms. The van der Waals surface area contributed by atoms with Gasteiger partial charge in [0, 0.05) is 5.69 Å². The highest BCUT2D eigenvalue weighted by atomic mass is 19.4. The second-order valence-corrected chi connectivity index (χ2v) is 9.37. The van der Waals surface area contributed by atoms with Gasteiger partial charge in [-0.15, -0.1) is 0 Å². The Kier molecular flexibility index (Phi) is 4.40. The van der Waals surface area contributed by atoms with E-state index in [1.54, 1.807) is 27.7 Å². The number of alkyl halides is 3. The van der Waals surface area contributed by atoms with Crippen molar-refractivity contribution in [1.29, 1.82) is 0 Å². The van der Waals surface area contributed by atoms with Crippen molar-refractivity contribution in [1.82, 2.24) is 0 Å². The van der Waals surface area contributed by atoms with E-state index in [9.17, 15) is 28.0 Å². The van der Waals surface area contributed by atoms with Crippen LogP contribution in [0.15, 0.2) is 18.2 Å². The number of likely N-dealkylation sites (tertiary alicyclic amines) is 1. The molecule has 3 fully saturated rings. The van der Waals surface area contributed by atoms with Crippen molar-refractivity contribution >= 4 is 23.2 Å². The van der Waals surface area contributed by atoms with Gasteiger partial charge in [-0.2, -0.15) is 13.2 Å². The van der Waals surface area contributed by atoms with Gasteiger partial charge in [-0.1, -0.05) is 6.07 Å². The first-order valence-electron chi connectivity index (χ1n) is 9.91. The van der Waals surface area contributed by atoms with Crippen LogP contribution in [0.5, 0.6) is 0 Å². The maximum atomic E-state index is 13.4. The molecule has 2 amide bonds. The first-order valence-corrected chi connectivity index (χ1v) is 9.91. The van der Waals surface area contributed by atoms with Crippen LogP contribution in [0.4, 0.5) is 24.5 Å². The van der Waals surface area contributed by atoms with Crippen molar-refractivity contribution in [3.8, 4) is 0 Å². The Morgan fingerprint density at radius 3 is 2.13 bits per heavy atom. The third-order valence-electron chi connectivity index (χ3n) is 6.86. The fourth-order valence-electron chi connectivity index (χ4n) is 5.55. The number of hydrogen-bond donors (Lipinski definition) is 0. The van der Waals surface area contributed by atoms with Crippen LogP contribution in [0, 0.1) is 23.6 Å². The molecular weight excluding hydrogens is 415 g/mol. The zero-order valence-corrected chi connectivity index (χ0v) is 17.5. The van der Waals surface area contributed by atoms with Gasteiger partial charge in [-0.25, -0.2) is 9.74 Å². The number of halogens is 3. The molecule has 31 heavy (non-hydrogen) atoms. The molecule has 3 aliphatic rings. The zero-order chi connectivity index (χ0) is 23.1. The van der Waals surface area contributed by atoms with Gasteiger partial charge < -0.3 is 14.6 Å². The molecule has 3 heterocycles. The molecule has 5 atom stereocenters. The Bertz CT molecular complexity index is 998. The van der Waals surface area contributed by atoms with Crippen LogP contribution in [-0.2, 0) is 20.5 Å². The number of ether oxygens (including phenoxy) is 1. The van der Waals surface area contributed by atoms with Gasteiger partial charge in [-0.05, 0) is 39.8 Å². The molecule has 0 N–H and O–H groups in total. The lowest BCUT2D eigenvalue weighted by atomic mass is 9.79. The Balaban J connectivity index is 1.79. The molecule has 10 heteroatoms. The maximum Gasteiger partial charge on any atom is 0.407 e. The lowest BCUT2D eigenvalue weighted by molar-refractivity contribution is -0.922. The highest BCUT2D eigenvalue weighted by molar-refractivity contribution is 6.23. The van der Waals surface area contributed by atoms with Gasteiger partial charge in [0.15, 0.2) is 5.69 Å². The standard InChI is InChI=1S/C21H22F3N3O4/c1-11(2)27(30)9-19(3)15-16(20(4,10-27)31-19)18(29)26(17(15)28)12-6-7-14(25-5)13(8-12)21(22,23)24/h6-8,11,15-16H,9-10H2,1-4H3/t15-,16+,19-,20+,27?. The van der Waals surface area contributed by atoms with Crippen molar-refractivity contribution in [3.63, 3.8) is 0 Å². The van der Waals surface area contributed by atoms with Gasteiger partial charge in [0.05, 0.1) is 30.0 Å². The summed E-state index contributed by atoms with van der Waals surface area (Å²) >= 11 is 0. The molecule has 3 aliphatic heterocycles. The van der Waals surface area contributed by atoms with E-state index >= 15 is 0 Å². The molecule has 3 saturated heterocycles. The smallest absolute Gasteiger partial charge is 0.407 e. The number of carbonyl (C=O) groups excluding carboxylic acids is 2. The Hall–Kier alpha value is -2.48. The van der Waals surface area contributed by atoms with Crippen LogP contribution in [0.1, 0.15) is 33.3 Å². The molecule has 1 aromatic carbocycles. The minimum absolute atomic E-state index is 0.0290. The van der Waals surface area contributed by atoms with Crippen molar-refractivity contribution in [3.05, 3.63) is 40.4 Å². The van der Waals surface area contributed by atoms with E-state index in [2.05, 4.69) is 4.85 Å². The topological polar surface area (TPSA) is 74.0 Å². The minimum Gasteiger partial charge on any atom is -0.632 e. The zero-order valence-electron chi connectivity index (χ0n) is 17.5. The predicted molar refractivity (Wildman–Crippen MR) is 104 cm³/mol. The summed E-state index contributed by atoms with van der Waals surface area (Å²) in [6.45, 7) is 13.7. The molecule has 0 aromatic heterocycles. The Morgan fingerprint density at radius 1 is 1.19 bits per heavy atom. The Labute approximate surface area is 177 Å². The molecule has 1 unspecified atom stereocenters. The van der Waals surface area contributed by atoms with Crippen molar-refractivity contribution in [2.75, 3.05) is 18.0 Å².